The summed E-state index contributed by atoms with van der Waals surface area (Å²) >= 11 is 3.45. The topological polar surface area (TPSA) is 55.6 Å². The zero-order valence-electron chi connectivity index (χ0n) is 10.5. The third kappa shape index (κ3) is 2.76. The SMILES string of the molecule is CCCNC(c1cccnc1)c1c(Br)nnn1C. The Morgan fingerprint density at radius 3 is 2.89 bits per heavy atom. The van der Waals surface area contributed by atoms with Crippen molar-refractivity contribution < 1.29 is 0 Å². The second kappa shape index (κ2) is 6.06. The first kappa shape index (κ1) is 13.2. The van der Waals surface area contributed by atoms with Crippen LogP contribution in [0.3, 0.4) is 0 Å². The summed E-state index contributed by atoms with van der Waals surface area (Å²) in [5.41, 5.74) is 2.12. The van der Waals surface area contributed by atoms with Gasteiger partial charge in [0.1, 0.15) is 0 Å². The molecule has 0 aliphatic rings. The van der Waals surface area contributed by atoms with Crippen LogP contribution in [0.15, 0.2) is 29.1 Å². The lowest BCUT2D eigenvalue weighted by molar-refractivity contribution is 0.548. The molecule has 0 amide bonds. The normalized spacial score (nSPS) is 12.6. The van der Waals surface area contributed by atoms with Gasteiger partial charge in [-0.2, -0.15) is 0 Å². The Morgan fingerprint density at radius 2 is 2.33 bits per heavy atom. The van der Waals surface area contributed by atoms with Gasteiger partial charge in [0.2, 0.25) is 0 Å². The highest BCUT2D eigenvalue weighted by Crippen LogP contribution is 2.26. The molecule has 2 heterocycles. The first-order valence-corrected chi connectivity index (χ1v) is 6.71. The lowest BCUT2D eigenvalue weighted by Crippen LogP contribution is -2.25. The van der Waals surface area contributed by atoms with Crippen LogP contribution in [0.4, 0.5) is 0 Å². The number of aryl methyl sites for hydroxylation is 1. The van der Waals surface area contributed by atoms with E-state index >= 15 is 0 Å². The Labute approximate surface area is 115 Å². The van der Waals surface area contributed by atoms with Gasteiger partial charge in [-0.15, -0.1) is 5.10 Å². The summed E-state index contributed by atoms with van der Waals surface area (Å²) in [6, 6.07) is 4.04. The first-order valence-electron chi connectivity index (χ1n) is 5.92. The highest BCUT2D eigenvalue weighted by Gasteiger charge is 2.21. The number of aromatic nitrogens is 4. The standard InChI is InChI=1S/C12H16BrN5/c1-3-6-15-10(9-5-4-7-14-8-9)11-12(13)16-17-18(11)2/h4-5,7-8,10,15H,3,6H2,1-2H3. The van der Waals surface area contributed by atoms with E-state index in [0.29, 0.717) is 0 Å². The summed E-state index contributed by atoms with van der Waals surface area (Å²) in [4.78, 5) is 4.18. The van der Waals surface area contributed by atoms with E-state index < -0.39 is 0 Å². The van der Waals surface area contributed by atoms with Gasteiger partial charge in [-0.05, 0) is 40.5 Å². The van der Waals surface area contributed by atoms with E-state index in [9.17, 15) is 0 Å². The van der Waals surface area contributed by atoms with Gasteiger partial charge in [0.25, 0.3) is 0 Å². The van der Waals surface area contributed by atoms with Gasteiger partial charge in [0.05, 0.1) is 11.7 Å². The van der Waals surface area contributed by atoms with E-state index in [1.54, 1.807) is 10.9 Å². The Morgan fingerprint density at radius 1 is 1.50 bits per heavy atom. The molecule has 0 aliphatic heterocycles. The molecule has 96 valence electrons. The van der Waals surface area contributed by atoms with Gasteiger partial charge in [-0.1, -0.05) is 18.2 Å². The van der Waals surface area contributed by atoms with Crippen LogP contribution in [-0.4, -0.2) is 26.5 Å². The quantitative estimate of drug-likeness (QED) is 0.918. The van der Waals surface area contributed by atoms with Crippen LogP contribution < -0.4 is 5.32 Å². The number of nitrogens with zero attached hydrogens (tertiary/aromatic N) is 4. The maximum absolute atomic E-state index is 4.18. The van der Waals surface area contributed by atoms with Gasteiger partial charge in [-0.25, -0.2) is 4.68 Å². The maximum Gasteiger partial charge on any atom is 0.153 e. The largest absolute Gasteiger partial charge is 0.305 e. The van der Waals surface area contributed by atoms with E-state index in [2.05, 4.69) is 49.5 Å². The van der Waals surface area contributed by atoms with Crippen molar-refractivity contribution in [2.24, 2.45) is 7.05 Å². The predicted octanol–water partition coefficient (Wildman–Crippen LogP) is 2.06. The van der Waals surface area contributed by atoms with E-state index in [0.717, 1.165) is 28.8 Å². The van der Waals surface area contributed by atoms with Gasteiger partial charge >= 0.3 is 0 Å². The summed E-state index contributed by atoms with van der Waals surface area (Å²) in [6.45, 7) is 3.07. The summed E-state index contributed by atoms with van der Waals surface area (Å²) in [6.07, 6.45) is 4.71. The van der Waals surface area contributed by atoms with Crippen molar-refractivity contribution in [3.8, 4) is 0 Å². The number of pyridine rings is 1. The zero-order valence-corrected chi connectivity index (χ0v) is 12.1. The molecule has 2 rings (SSSR count). The molecule has 1 N–H and O–H groups in total. The summed E-state index contributed by atoms with van der Waals surface area (Å²) in [7, 11) is 1.89. The molecule has 0 aliphatic carbocycles. The molecule has 0 radical (unpaired) electrons. The zero-order chi connectivity index (χ0) is 13.0. The molecular weight excluding hydrogens is 294 g/mol. The van der Waals surface area contributed by atoms with E-state index in [-0.39, 0.29) is 6.04 Å². The number of halogens is 1. The number of nitrogens with one attached hydrogen (secondary N) is 1. The molecular formula is C12H16BrN5. The Balaban J connectivity index is 2.37. The highest BCUT2D eigenvalue weighted by atomic mass is 79.9. The highest BCUT2D eigenvalue weighted by molar-refractivity contribution is 9.10. The van der Waals surface area contributed by atoms with E-state index in [1.807, 2.05) is 19.3 Å². The molecule has 1 atom stereocenters. The molecule has 18 heavy (non-hydrogen) atoms. The molecule has 0 fully saturated rings. The second-order valence-electron chi connectivity index (χ2n) is 4.06. The average Bonchev–Trinajstić information content (AvgIpc) is 2.72. The Bertz CT molecular complexity index is 477. The van der Waals surface area contributed by atoms with Crippen molar-refractivity contribution in [1.82, 2.24) is 25.3 Å². The van der Waals surface area contributed by atoms with Gasteiger partial charge < -0.3 is 5.32 Å². The van der Waals surface area contributed by atoms with Gasteiger partial charge in [0.15, 0.2) is 4.60 Å². The van der Waals surface area contributed by atoms with Crippen LogP contribution >= 0.6 is 15.9 Å². The lowest BCUT2D eigenvalue weighted by atomic mass is 10.1. The van der Waals surface area contributed by atoms with E-state index in [1.165, 1.54) is 0 Å². The van der Waals surface area contributed by atoms with Crippen molar-refractivity contribution in [3.63, 3.8) is 0 Å². The summed E-state index contributed by atoms with van der Waals surface area (Å²) in [5.74, 6) is 0. The molecule has 0 aromatic carbocycles. The average molecular weight is 310 g/mol. The molecule has 6 heteroatoms. The molecule has 0 saturated heterocycles. The number of rotatable bonds is 5. The van der Waals surface area contributed by atoms with Crippen LogP contribution in [0.25, 0.3) is 0 Å². The minimum atomic E-state index is 0.0491. The minimum absolute atomic E-state index is 0.0491. The fourth-order valence-electron chi connectivity index (χ4n) is 1.85. The van der Waals surface area contributed by atoms with Crippen molar-refractivity contribution in [1.29, 1.82) is 0 Å². The Hall–Kier alpha value is -1.27. The molecule has 0 saturated carbocycles. The third-order valence-corrected chi connectivity index (χ3v) is 3.28. The van der Waals surface area contributed by atoms with Crippen molar-refractivity contribution in [2.75, 3.05) is 6.54 Å². The van der Waals surface area contributed by atoms with Gasteiger partial charge in [0, 0.05) is 19.4 Å². The van der Waals surface area contributed by atoms with Crippen LogP contribution in [0, 0.1) is 0 Å². The monoisotopic (exact) mass is 309 g/mol. The third-order valence-electron chi connectivity index (χ3n) is 2.72. The second-order valence-corrected chi connectivity index (χ2v) is 4.81. The van der Waals surface area contributed by atoms with Crippen LogP contribution in [-0.2, 0) is 7.05 Å². The molecule has 0 bridgehead atoms. The first-order chi connectivity index (χ1) is 8.74. The van der Waals surface area contributed by atoms with Crippen molar-refractivity contribution in [2.45, 2.75) is 19.4 Å². The lowest BCUT2D eigenvalue weighted by Gasteiger charge is -2.18. The molecule has 1 unspecified atom stereocenters. The Kier molecular flexibility index (Phi) is 4.43. The molecule has 2 aromatic rings. The maximum atomic E-state index is 4.18. The summed E-state index contributed by atoms with van der Waals surface area (Å²) < 4.78 is 2.55. The number of hydrogen-bond donors (Lipinski definition) is 1. The van der Waals surface area contributed by atoms with Crippen molar-refractivity contribution in [3.05, 3.63) is 40.4 Å². The molecule has 0 spiro atoms. The fourth-order valence-corrected chi connectivity index (χ4v) is 2.41. The van der Waals surface area contributed by atoms with E-state index in [4.69, 9.17) is 0 Å². The summed E-state index contributed by atoms with van der Waals surface area (Å²) in [5, 5.41) is 11.6. The minimum Gasteiger partial charge on any atom is -0.305 e. The van der Waals surface area contributed by atoms with Crippen LogP contribution in [0.1, 0.15) is 30.6 Å². The fraction of sp³-hybridized carbons (Fsp3) is 0.417. The van der Waals surface area contributed by atoms with Crippen LogP contribution in [0.5, 0.6) is 0 Å². The van der Waals surface area contributed by atoms with Crippen molar-refractivity contribution >= 4 is 15.9 Å². The molecule has 5 nitrogen and oxygen atoms in total. The smallest absolute Gasteiger partial charge is 0.153 e. The van der Waals surface area contributed by atoms with Crippen LogP contribution in [0.2, 0.25) is 0 Å². The van der Waals surface area contributed by atoms with Gasteiger partial charge in [-0.3, -0.25) is 4.98 Å². The predicted molar refractivity (Wildman–Crippen MR) is 73.1 cm³/mol. The number of hydrogen-bond acceptors (Lipinski definition) is 4. The molecule has 2 aromatic heterocycles.